The molecule has 0 saturated heterocycles. The summed E-state index contributed by atoms with van der Waals surface area (Å²) < 4.78 is 0. The number of aromatic amines is 1. The molecule has 1 heterocycles. The van der Waals surface area contributed by atoms with Gasteiger partial charge in [-0.3, -0.25) is 0 Å². The molecular weight excluding hydrogens is 220 g/mol. The summed E-state index contributed by atoms with van der Waals surface area (Å²) in [4.78, 5) is 3.43. The Morgan fingerprint density at radius 2 is 2.12 bits per heavy atom. The zero-order valence-corrected chi connectivity index (χ0v) is 10.4. The number of nitrogens with one attached hydrogen (secondary N) is 1. The van der Waals surface area contributed by atoms with Crippen molar-refractivity contribution >= 4 is 22.5 Å². The van der Waals surface area contributed by atoms with Crippen LogP contribution < -0.4 is 5.73 Å². The van der Waals surface area contributed by atoms with Gasteiger partial charge in [0.1, 0.15) is 0 Å². The molecule has 0 aliphatic carbocycles. The van der Waals surface area contributed by atoms with Crippen LogP contribution in [0.5, 0.6) is 0 Å². The van der Waals surface area contributed by atoms with Gasteiger partial charge in [-0.15, -0.1) is 0 Å². The number of H-pyrrole nitrogens is 1. The van der Waals surface area contributed by atoms with E-state index >= 15 is 0 Å². The van der Waals surface area contributed by atoms with Crippen LogP contribution in [0.15, 0.2) is 18.2 Å². The van der Waals surface area contributed by atoms with Crippen LogP contribution in [-0.2, 0) is 6.42 Å². The third-order valence-electron chi connectivity index (χ3n) is 2.90. The van der Waals surface area contributed by atoms with Crippen LogP contribution in [0.3, 0.4) is 0 Å². The Hall–Kier alpha value is -0.990. The second kappa shape index (κ2) is 4.48. The minimum atomic E-state index is 0.463. The Kier molecular flexibility index (Phi) is 3.22. The van der Waals surface area contributed by atoms with Gasteiger partial charge in [-0.1, -0.05) is 37.6 Å². The lowest BCUT2D eigenvalue weighted by molar-refractivity contribution is 0.809. The van der Waals surface area contributed by atoms with E-state index in [0.717, 1.165) is 17.0 Å². The zero-order valence-electron chi connectivity index (χ0n) is 9.68. The van der Waals surface area contributed by atoms with E-state index in [4.69, 9.17) is 17.3 Å². The number of halogens is 1. The van der Waals surface area contributed by atoms with Crippen molar-refractivity contribution in [2.24, 2.45) is 5.73 Å². The van der Waals surface area contributed by atoms with Crippen LogP contribution in [0.1, 0.15) is 31.0 Å². The standard InChI is InChI=1S/C13H17ClN2/c1-8(2)12-10(6-7-15)9-4-3-5-11(14)13(9)16-12/h3-5,8,16H,6-7,15H2,1-2H3. The van der Waals surface area contributed by atoms with E-state index in [1.165, 1.54) is 16.6 Å². The predicted octanol–water partition coefficient (Wildman–Crippen LogP) is 3.45. The number of rotatable bonds is 3. The molecule has 0 bridgehead atoms. The van der Waals surface area contributed by atoms with Gasteiger partial charge in [0.05, 0.1) is 10.5 Å². The van der Waals surface area contributed by atoms with E-state index in [2.05, 4.69) is 24.9 Å². The number of hydrogen-bond donors (Lipinski definition) is 2. The van der Waals surface area contributed by atoms with Gasteiger partial charge in [0, 0.05) is 11.1 Å². The van der Waals surface area contributed by atoms with Crippen molar-refractivity contribution in [1.82, 2.24) is 4.98 Å². The minimum Gasteiger partial charge on any atom is -0.357 e. The second-order valence-corrected chi connectivity index (χ2v) is 4.78. The molecular formula is C13H17ClN2. The fourth-order valence-electron chi connectivity index (χ4n) is 2.16. The van der Waals surface area contributed by atoms with E-state index in [9.17, 15) is 0 Å². The zero-order chi connectivity index (χ0) is 11.7. The SMILES string of the molecule is CC(C)c1[nH]c2c(Cl)cccc2c1CCN. The summed E-state index contributed by atoms with van der Waals surface area (Å²) in [7, 11) is 0. The topological polar surface area (TPSA) is 41.8 Å². The Labute approximate surface area is 101 Å². The third-order valence-corrected chi connectivity index (χ3v) is 3.21. The highest BCUT2D eigenvalue weighted by atomic mass is 35.5. The van der Waals surface area contributed by atoms with Crippen LogP contribution in [0.2, 0.25) is 5.02 Å². The van der Waals surface area contributed by atoms with Crippen molar-refractivity contribution in [1.29, 1.82) is 0 Å². The summed E-state index contributed by atoms with van der Waals surface area (Å²) in [5.74, 6) is 0.463. The van der Waals surface area contributed by atoms with Gasteiger partial charge in [-0.25, -0.2) is 0 Å². The maximum atomic E-state index is 6.18. The van der Waals surface area contributed by atoms with Gasteiger partial charge in [0.2, 0.25) is 0 Å². The summed E-state index contributed by atoms with van der Waals surface area (Å²) in [5, 5.41) is 1.99. The van der Waals surface area contributed by atoms with Crippen molar-refractivity contribution in [2.45, 2.75) is 26.2 Å². The van der Waals surface area contributed by atoms with E-state index < -0.39 is 0 Å². The highest BCUT2D eigenvalue weighted by Gasteiger charge is 2.14. The van der Waals surface area contributed by atoms with Gasteiger partial charge < -0.3 is 10.7 Å². The van der Waals surface area contributed by atoms with Crippen LogP contribution in [0.25, 0.3) is 10.9 Å². The summed E-state index contributed by atoms with van der Waals surface area (Å²) in [6.45, 7) is 5.02. The molecule has 0 fully saturated rings. The molecule has 0 unspecified atom stereocenters. The molecule has 86 valence electrons. The maximum absolute atomic E-state index is 6.18. The Morgan fingerprint density at radius 3 is 2.75 bits per heavy atom. The lowest BCUT2D eigenvalue weighted by Gasteiger charge is -2.06. The highest BCUT2D eigenvalue weighted by Crippen LogP contribution is 2.31. The van der Waals surface area contributed by atoms with Crippen LogP contribution >= 0.6 is 11.6 Å². The largest absolute Gasteiger partial charge is 0.357 e. The molecule has 0 aliphatic rings. The third kappa shape index (κ3) is 1.83. The smallest absolute Gasteiger partial charge is 0.0648 e. The number of fused-ring (bicyclic) bond motifs is 1. The minimum absolute atomic E-state index is 0.463. The van der Waals surface area contributed by atoms with Crippen molar-refractivity contribution in [2.75, 3.05) is 6.54 Å². The first-order valence-corrected chi connectivity index (χ1v) is 6.02. The van der Waals surface area contributed by atoms with Crippen molar-refractivity contribution in [3.05, 3.63) is 34.5 Å². The Balaban J connectivity index is 2.70. The second-order valence-electron chi connectivity index (χ2n) is 4.37. The molecule has 1 aromatic heterocycles. The lowest BCUT2D eigenvalue weighted by atomic mass is 10.0. The highest BCUT2D eigenvalue weighted by molar-refractivity contribution is 6.35. The molecule has 0 amide bonds. The monoisotopic (exact) mass is 236 g/mol. The summed E-state index contributed by atoms with van der Waals surface area (Å²) in [6.07, 6.45) is 0.897. The van der Waals surface area contributed by atoms with Gasteiger partial charge in [-0.05, 0) is 30.5 Å². The fraction of sp³-hybridized carbons (Fsp3) is 0.385. The first-order chi connectivity index (χ1) is 7.65. The molecule has 0 spiro atoms. The first kappa shape index (κ1) is 11.5. The molecule has 1 aromatic carbocycles. The number of aromatic nitrogens is 1. The molecule has 16 heavy (non-hydrogen) atoms. The Bertz CT molecular complexity index is 500. The molecule has 2 nitrogen and oxygen atoms in total. The molecule has 0 atom stereocenters. The molecule has 0 aliphatic heterocycles. The predicted molar refractivity (Wildman–Crippen MR) is 70.2 cm³/mol. The molecule has 2 aromatic rings. The number of para-hydroxylation sites is 1. The average Bonchev–Trinajstić information content (AvgIpc) is 2.60. The molecule has 2 rings (SSSR count). The van der Waals surface area contributed by atoms with Crippen molar-refractivity contribution < 1.29 is 0 Å². The van der Waals surface area contributed by atoms with Gasteiger partial charge in [0.25, 0.3) is 0 Å². The van der Waals surface area contributed by atoms with E-state index in [-0.39, 0.29) is 0 Å². The average molecular weight is 237 g/mol. The summed E-state index contributed by atoms with van der Waals surface area (Å²) in [6, 6.07) is 6.01. The molecule has 0 saturated carbocycles. The van der Waals surface area contributed by atoms with Crippen LogP contribution in [0, 0.1) is 0 Å². The molecule has 3 N–H and O–H groups in total. The number of benzene rings is 1. The lowest BCUT2D eigenvalue weighted by Crippen LogP contribution is -2.05. The van der Waals surface area contributed by atoms with Gasteiger partial charge in [-0.2, -0.15) is 0 Å². The van der Waals surface area contributed by atoms with Gasteiger partial charge in [0.15, 0.2) is 0 Å². The van der Waals surface area contributed by atoms with Gasteiger partial charge >= 0.3 is 0 Å². The normalized spacial score (nSPS) is 11.6. The van der Waals surface area contributed by atoms with Crippen molar-refractivity contribution in [3.63, 3.8) is 0 Å². The van der Waals surface area contributed by atoms with E-state index in [1.807, 2.05) is 12.1 Å². The fourth-order valence-corrected chi connectivity index (χ4v) is 2.39. The number of hydrogen-bond acceptors (Lipinski definition) is 1. The van der Waals surface area contributed by atoms with Crippen LogP contribution in [0.4, 0.5) is 0 Å². The summed E-state index contributed by atoms with van der Waals surface area (Å²) >= 11 is 6.18. The Morgan fingerprint density at radius 1 is 1.38 bits per heavy atom. The first-order valence-electron chi connectivity index (χ1n) is 5.64. The molecule has 3 heteroatoms. The molecule has 0 radical (unpaired) electrons. The maximum Gasteiger partial charge on any atom is 0.0648 e. The van der Waals surface area contributed by atoms with Crippen molar-refractivity contribution in [3.8, 4) is 0 Å². The number of nitrogens with two attached hydrogens (primary N) is 1. The quantitative estimate of drug-likeness (QED) is 0.842. The van der Waals surface area contributed by atoms with E-state index in [1.54, 1.807) is 0 Å². The van der Waals surface area contributed by atoms with Crippen LogP contribution in [-0.4, -0.2) is 11.5 Å². The summed E-state index contributed by atoms with van der Waals surface area (Å²) in [5.41, 5.74) is 9.28. The van der Waals surface area contributed by atoms with E-state index in [0.29, 0.717) is 12.5 Å².